The molecule has 0 spiro atoms. The Kier molecular flexibility index (Phi) is 2.82. The lowest BCUT2D eigenvalue weighted by atomic mass is 10.3. The number of aliphatic hydroxyl groups excluding tert-OH is 1. The van der Waals surface area contributed by atoms with Gasteiger partial charge < -0.3 is 10.4 Å². The van der Waals surface area contributed by atoms with Crippen molar-refractivity contribution >= 4 is 11.6 Å². The number of fused-ring (bicyclic) bond motifs is 1. The molecule has 0 aliphatic rings. The summed E-state index contributed by atoms with van der Waals surface area (Å²) in [5.41, 5.74) is 2.00. The molecule has 0 radical (unpaired) electrons. The van der Waals surface area contributed by atoms with Crippen molar-refractivity contribution in [2.24, 2.45) is 0 Å². The summed E-state index contributed by atoms with van der Waals surface area (Å²) in [6, 6.07) is 3.96. The summed E-state index contributed by atoms with van der Waals surface area (Å²) in [5, 5.41) is 15.9. The second-order valence-electron chi connectivity index (χ2n) is 3.45. The van der Waals surface area contributed by atoms with Gasteiger partial charge in [-0.1, -0.05) is 0 Å². The molecule has 5 heteroatoms. The number of pyridine rings is 1. The van der Waals surface area contributed by atoms with Crippen LogP contribution in [0.3, 0.4) is 0 Å². The normalized spacial score (nSPS) is 10.8. The Morgan fingerprint density at radius 1 is 1.53 bits per heavy atom. The summed E-state index contributed by atoms with van der Waals surface area (Å²) in [7, 11) is 0. The summed E-state index contributed by atoms with van der Waals surface area (Å²) < 4.78 is 1.73. The van der Waals surface area contributed by atoms with E-state index >= 15 is 0 Å². The van der Waals surface area contributed by atoms with Gasteiger partial charge in [0.2, 0.25) is 5.95 Å². The van der Waals surface area contributed by atoms with Crippen LogP contribution in [0.4, 0.5) is 5.95 Å². The second kappa shape index (κ2) is 4.27. The maximum absolute atomic E-state index is 8.63. The van der Waals surface area contributed by atoms with Gasteiger partial charge in [-0.2, -0.15) is 4.98 Å². The van der Waals surface area contributed by atoms with Crippen LogP contribution in [-0.2, 0) is 0 Å². The molecular weight excluding hydrogens is 192 g/mol. The molecule has 5 nitrogen and oxygen atoms in total. The smallest absolute Gasteiger partial charge is 0.243 e. The molecule has 2 N–H and O–H groups in total. The number of hydrogen-bond donors (Lipinski definition) is 2. The SMILES string of the molecule is Cc1ccn2nc(NCCCO)nc2c1. The fourth-order valence-corrected chi connectivity index (χ4v) is 1.34. The Labute approximate surface area is 87.8 Å². The standard InChI is InChI=1S/C10H14N4O/c1-8-3-5-14-9(7-8)12-10(13-14)11-4-2-6-15/h3,5,7,15H,2,4,6H2,1H3,(H,11,13). The van der Waals surface area contributed by atoms with Gasteiger partial charge in [-0.05, 0) is 31.0 Å². The van der Waals surface area contributed by atoms with Crippen LogP contribution < -0.4 is 5.32 Å². The molecule has 0 atom stereocenters. The number of aliphatic hydroxyl groups is 1. The van der Waals surface area contributed by atoms with E-state index in [2.05, 4.69) is 15.4 Å². The predicted octanol–water partition coefficient (Wildman–Crippen LogP) is 0.832. The van der Waals surface area contributed by atoms with Crippen LogP contribution in [0, 0.1) is 6.92 Å². The fourth-order valence-electron chi connectivity index (χ4n) is 1.34. The van der Waals surface area contributed by atoms with Gasteiger partial charge in [-0.15, -0.1) is 5.10 Å². The number of nitrogens with one attached hydrogen (secondary N) is 1. The highest BCUT2D eigenvalue weighted by atomic mass is 16.3. The van der Waals surface area contributed by atoms with Gasteiger partial charge in [0.25, 0.3) is 0 Å². The molecule has 0 aliphatic heterocycles. The molecule has 0 aliphatic carbocycles. The molecule has 0 bridgehead atoms. The van der Waals surface area contributed by atoms with Crippen molar-refractivity contribution in [3.05, 3.63) is 23.9 Å². The van der Waals surface area contributed by atoms with Crippen molar-refractivity contribution in [3.63, 3.8) is 0 Å². The highest BCUT2D eigenvalue weighted by Crippen LogP contribution is 2.07. The largest absolute Gasteiger partial charge is 0.396 e. The van der Waals surface area contributed by atoms with Crippen molar-refractivity contribution in [3.8, 4) is 0 Å². The first-order valence-corrected chi connectivity index (χ1v) is 4.97. The number of nitrogens with zero attached hydrogens (tertiary/aromatic N) is 3. The van der Waals surface area contributed by atoms with Crippen LogP contribution in [-0.4, -0.2) is 32.9 Å². The van der Waals surface area contributed by atoms with Crippen LogP contribution in [0.25, 0.3) is 5.65 Å². The van der Waals surface area contributed by atoms with Crippen LogP contribution >= 0.6 is 0 Å². The fraction of sp³-hybridized carbons (Fsp3) is 0.400. The highest BCUT2D eigenvalue weighted by molar-refractivity contribution is 5.45. The maximum Gasteiger partial charge on any atom is 0.243 e. The van der Waals surface area contributed by atoms with E-state index < -0.39 is 0 Å². The molecule has 2 aromatic rings. The zero-order valence-electron chi connectivity index (χ0n) is 8.64. The van der Waals surface area contributed by atoms with E-state index in [0.717, 1.165) is 11.2 Å². The maximum atomic E-state index is 8.63. The van der Waals surface area contributed by atoms with Crippen LogP contribution in [0.5, 0.6) is 0 Å². The molecule has 2 heterocycles. The van der Waals surface area contributed by atoms with E-state index in [1.165, 1.54) is 0 Å². The molecule has 15 heavy (non-hydrogen) atoms. The predicted molar refractivity (Wildman–Crippen MR) is 57.9 cm³/mol. The molecule has 2 rings (SSSR count). The van der Waals surface area contributed by atoms with Gasteiger partial charge in [-0.3, -0.25) is 0 Å². The van der Waals surface area contributed by atoms with Crippen LogP contribution in [0.1, 0.15) is 12.0 Å². The first kappa shape index (κ1) is 9.92. The number of aromatic nitrogens is 3. The molecule has 0 saturated carbocycles. The molecule has 0 amide bonds. The minimum Gasteiger partial charge on any atom is -0.396 e. The van der Waals surface area contributed by atoms with Gasteiger partial charge >= 0.3 is 0 Å². The quantitative estimate of drug-likeness (QED) is 0.727. The van der Waals surface area contributed by atoms with Gasteiger partial charge in [0.05, 0.1) is 0 Å². The van der Waals surface area contributed by atoms with Crippen LogP contribution in [0.15, 0.2) is 18.3 Å². The van der Waals surface area contributed by atoms with Crippen LogP contribution in [0.2, 0.25) is 0 Å². The summed E-state index contributed by atoms with van der Waals surface area (Å²) >= 11 is 0. The van der Waals surface area contributed by atoms with E-state index in [-0.39, 0.29) is 6.61 Å². The summed E-state index contributed by atoms with van der Waals surface area (Å²) in [5.74, 6) is 0.606. The highest BCUT2D eigenvalue weighted by Gasteiger charge is 2.01. The zero-order chi connectivity index (χ0) is 10.7. The number of anilines is 1. The minimum absolute atomic E-state index is 0.180. The molecule has 80 valence electrons. The van der Waals surface area contributed by atoms with Crippen molar-refractivity contribution in [2.45, 2.75) is 13.3 Å². The topological polar surface area (TPSA) is 62.5 Å². The first-order chi connectivity index (χ1) is 7.29. The van der Waals surface area contributed by atoms with E-state index in [1.54, 1.807) is 4.52 Å². The first-order valence-electron chi connectivity index (χ1n) is 4.97. The average Bonchev–Trinajstić information content (AvgIpc) is 2.60. The molecule has 0 unspecified atom stereocenters. The summed E-state index contributed by atoms with van der Waals surface area (Å²) in [6.45, 7) is 2.89. The Balaban J connectivity index is 2.16. The summed E-state index contributed by atoms with van der Waals surface area (Å²) in [4.78, 5) is 4.30. The van der Waals surface area contributed by atoms with Crippen molar-refractivity contribution in [2.75, 3.05) is 18.5 Å². The molecular formula is C10H14N4O. The average molecular weight is 206 g/mol. The van der Waals surface area contributed by atoms with Crippen molar-refractivity contribution in [1.82, 2.24) is 14.6 Å². The van der Waals surface area contributed by atoms with Gasteiger partial charge in [0.1, 0.15) is 0 Å². The lowest BCUT2D eigenvalue weighted by molar-refractivity contribution is 0.292. The summed E-state index contributed by atoms with van der Waals surface area (Å²) in [6.07, 6.45) is 2.59. The van der Waals surface area contributed by atoms with Gasteiger partial charge in [0, 0.05) is 19.3 Å². The van der Waals surface area contributed by atoms with E-state index in [1.807, 2.05) is 25.3 Å². The zero-order valence-corrected chi connectivity index (χ0v) is 8.64. The van der Waals surface area contributed by atoms with E-state index in [0.29, 0.717) is 18.9 Å². The molecule has 0 aromatic carbocycles. The second-order valence-corrected chi connectivity index (χ2v) is 3.45. The van der Waals surface area contributed by atoms with Crippen molar-refractivity contribution in [1.29, 1.82) is 0 Å². The van der Waals surface area contributed by atoms with E-state index in [9.17, 15) is 0 Å². The van der Waals surface area contributed by atoms with E-state index in [4.69, 9.17) is 5.11 Å². The number of hydrogen-bond acceptors (Lipinski definition) is 4. The minimum atomic E-state index is 0.180. The lowest BCUT2D eigenvalue weighted by Crippen LogP contribution is -2.04. The Bertz CT molecular complexity index is 452. The van der Waals surface area contributed by atoms with Gasteiger partial charge in [0.15, 0.2) is 5.65 Å². The monoisotopic (exact) mass is 206 g/mol. The third-order valence-corrected chi connectivity index (χ3v) is 2.11. The lowest BCUT2D eigenvalue weighted by Gasteiger charge is -1.96. The third-order valence-electron chi connectivity index (χ3n) is 2.11. The van der Waals surface area contributed by atoms with Gasteiger partial charge in [-0.25, -0.2) is 4.52 Å². The Morgan fingerprint density at radius 3 is 3.20 bits per heavy atom. The third kappa shape index (κ3) is 2.24. The molecule has 0 fully saturated rings. The number of rotatable bonds is 4. The Morgan fingerprint density at radius 2 is 2.40 bits per heavy atom. The molecule has 0 saturated heterocycles. The van der Waals surface area contributed by atoms with Crippen molar-refractivity contribution < 1.29 is 5.11 Å². The molecule has 2 aromatic heterocycles. The Hall–Kier alpha value is -1.62. The number of aryl methyl sites for hydroxylation is 1.